The fourth-order valence-electron chi connectivity index (χ4n) is 4.05. The average Bonchev–Trinajstić information content (AvgIpc) is 2.74. The van der Waals surface area contributed by atoms with Crippen LogP contribution in [0.15, 0.2) is 30.3 Å². The molecule has 29 heavy (non-hydrogen) atoms. The Balaban J connectivity index is 1.35. The molecule has 0 unspecified atom stereocenters. The van der Waals surface area contributed by atoms with Crippen LogP contribution in [0.4, 0.5) is 11.6 Å². The van der Waals surface area contributed by atoms with Crippen LogP contribution in [0, 0.1) is 13.8 Å². The van der Waals surface area contributed by atoms with Crippen LogP contribution in [0.1, 0.15) is 21.5 Å². The van der Waals surface area contributed by atoms with Gasteiger partial charge in [0.05, 0.1) is 0 Å². The third-order valence-corrected chi connectivity index (χ3v) is 5.97. The molecule has 7 nitrogen and oxygen atoms in total. The van der Waals surface area contributed by atoms with Crippen LogP contribution in [0.2, 0.25) is 0 Å². The Kier molecular flexibility index (Phi) is 5.67. The Morgan fingerprint density at radius 2 is 1.34 bits per heavy atom. The van der Waals surface area contributed by atoms with Gasteiger partial charge in [0.1, 0.15) is 0 Å². The molecule has 2 aromatic rings. The van der Waals surface area contributed by atoms with Gasteiger partial charge in [-0.25, -0.2) is 0 Å². The number of benzene rings is 1. The van der Waals surface area contributed by atoms with E-state index in [1.807, 2.05) is 24.0 Å². The standard InChI is InChI=1S/C22H30N6O/c1-17-4-5-19(18(2)16-17)22(29)28-14-12-27(13-15-28)21-7-6-20(23-24-21)26-10-8-25(3)9-11-26/h4-7,16H,8-15H2,1-3H3. The number of carbonyl (C=O) groups excluding carboxylic acids is 1. The summed E-state index contributed by atoms with van der Waals surface area (Å²) in [5.41, 5.74) is 3.03. The summed E-state index contributed by atoms with van der Waals surface area (Å²) < 4.78 is 0. The van der Waals surface area contributed by atoms with Gasteiger partial charge in [-0.1, -0.05) is 17.7 Å². The third-order valence-electron chi connectivity index (χ3n) is 5.97. The van der Waals surface area contributed by atoms with E-state index in [1.165, 1.54) is 5.56 Å². The van der Waals surface area contributed by atoms with Crippen molar-refractivity contribution >= 4 is 17.5 Å². The molecule has 0 radical (unpaired) electrons. The molecule has 2 aliphatic heterocycles. The lowest BCUT2D eigenvalue weighted by Crippen LogP contribution is -2.49. The highest BCUT2D eigenvalue weighted by Gasteiger charge is 2.24. The topological polar surface area (TPSA) is 55.8 Å². The van der Waals surface area contributed by atoms with Gasteiger partial charge in [-0.3, -0.25) is 4.79 Å². The van der Waals surface area contributed by atoms with Crippen molar-refractivity contribution in [1.29, 1.82) is 0 Å². The molecule has 154 valence electrons. The molecule has 2 fully saturated rings. The summed E-state index contributed by atoms with van der Waals surface area (Å²) in [6.45, 7) is 11.1. The van der Waals surface area contributed by atoms with E-state index in [9.17, 15) is 4.79 Å². The molecule has 4 rings (SSSR count). The highest BCUT2D eigenvalue weighted by molar-refractivity contribution is 5.95. The van der Waals surface area contributed by atoms with Crippen molar-refractivity contribution < 1.29 is 4.79 Å². The predicted molar refractivity (Wildman–Crippen MR) is 116 cm³/mol. The van der Waals surface area contributed by atoms with Gasteiger partial charge in [0.2, 0.25) is 0 Å². The molecule has 0 spiro atoms. The molecule has 7 heteroatoms. The zero-order chi connectivity index (χ0) is 20.4. The van der Waals surface area contributed by atoms with E-state index in [4.69, 9.17) is 0 Å². The van der Waals surface area contributed by atoms with E-state index in [0.717, 1.165) is 62.0 Å². The molecule has 2 aliphatic rings. The number of likely N-dealkylation sites (N-methyl/N-ethyl adjacent to an activating group) is 1. The number of hydrogen-bond donors (Lipinski definition) is 0. The van der Waals surface area contributed by atoms with Gasteiger partial charge in [-0.05, 0) is 44.7 Å². The van der Waals surface area contributed by atoms with Crippen molar-refractivity contribution in [2.24, 2.45) is 0 Å². The number of anilines is 2. The first-order valence-electron chi connectivity index (χ1n) is 10.4. The highest BCUT2D eigenvalue weighted by atomic mass is 16.2. The Hall–Kier alpha value is -2.67. The lowest BCUT2D eigenvalue weighted by Gasteiger charge is -2.36. The highest BCUT2D eigenvalue weighted by Crippen LogP contribution is 2.19. The molecule has 2 saturated heterocycles. The summed E-state index contributed by atoms with van der Waals surface area (Å²) in [7, 11) is 2.15. The quantitative estimate of drug-likeness (QED) is 0.791. The number of rotatable bonds is 3. The number of hydrogen-bond acceptors (Lipinski definition) is 6. The van der Waals surface area contributed by atoms with Gasteiger partial charge < -0.3 is 19.6 Å². The summed E-state index contributed by atoms with van der Waals surface area (Å²) >= 11 is 0. The van der Waals surface area contributed by atoms with Gasteiger partial charge in [0, 0.05) is 57.9 Å². The average molecular weight is 395 g/mol. The summed E-state index contributed by atoms with van der Waals surface area (Å²) in [6.07, 6.45) is 0. The SMILES string of the molecule is Cc1ccc(C(=O)N2CCN(c3ccc(N4CCN(C)CC4)nn3)CC2)c(C)c1. The van der Waals surface area contributed by atoms with E-state index < -0.39 is 0 Å². The number of nitrogens with zero attached hydrogens (tertiary/aromatic N) is 6. The molecule has 0 bridgehead atoms. The molecule has 1 amide bonds. The molecule has 0 aliphatic carbocycles. The molecule has 3 heterocycles. The number of piperazine rings is 2. The Labute approximate surface area is 172 Å². The Bertz CT molecular complexity index is 852. The maximum absolute atomic E-state index is 12.9. The van der Waals surface area contributed by atoms with Gasteiger partial charge in [0.25, 0.3) is 5.91 Å². The van der Waals surface area contributed by atoms with Gasteiger partial charge >= 0.3 is 0 Å². The van der Waals surface area contributed by atoms with Gasteiger partial charge in [-0.2, -0.15) is 0 Å². The maximum atomic E-state index is 12.9. The Morgan fingerprint density at radius 3 is 1.86 bits per heavy atom. The second-order valence-electron chi connectivity index (χ2n) is 8.14. The van der Waals surface area contributed by atoms with Crippen molar-refractivity contribution in [1.82, 2.24) is 20.0 Å². The Morgan fingerprint density at radius 1 is 0.793 bits per heavy atom. The van der Waals surface area contributed by atoms with E-state index in [2.05, 4.69) is 57.1 Å². The number of aromatic nitrogens is 2. The predicted octanol–water partition coefficient (Wildman–Crippen LogP) is 1.81. The normalized spacial score (nSPS) is 18.2. The molecule has 0 saturated carbocycles. The van der Waals surface area contributed by atoms with Crippen molar-refractivity contribution in [2.45, 2.75) is 13.8 Å². The van der Waals surface area contributed by atoms with Crippen LogP contribution >= 0.6 is 0 Å². The van der Waals surface area contributed by atoms with E-state index in [-0.39, 0.29) is 5.91 Å². The summed E-state index contributed by atoms with van der Waals surface area (Å²) in [5, 5.41) is 8.93. The first-order chi connectivity index (χ1) is 14.0. The number of aryl methyl sites for hydroxylation is 2. The molecule has 1 aromatic heterocycles. The number of amides is 1. The summed E-state index contributed by atoms with van der Waals surface area (Å²) in [5.74, 6) is 1.96. The van der Waals surface area contributed by atoms with Gasteiger partial charge in [-0.15, -0.1) is 10.2 Å². The lowest BCUT2D eigenvalue weighted by molar-refractivity contribution is 0.0745. The largest absolute Gasteiger partial charge is 0.353 e. The van der Waals surface area contributed by atoms with Crippen LogP contribution in [0.5, 0.6) is 0 Å². The first kappa shape index (κ1) is 19.6. The molecular formula is C22H30N6O. The van der Waals surface area contributed by atoms with Crippen molar-refractivity contribution in [3.05, 3.63) is 47.0 Å². The van der Waals surface area contributed by atoms with E-state index in [0.29, 0.717) is 13.1 Å². The summed E-state index contributed by atoms with van der Waals surface area (Å²) in [4.78, 5) is 21.7. The molecule has 0 atom stereocenters. The monoisotopic (exact) mass is 394 g/mol. The van der Waals surface area contributed by atoms with Crippen molar-refractivity contribution in [2.75, 3.05) is 69.2 Å². The van der Waals surface area contributed by atoms with Gasteiger partial charge in [0.15, 0.2) is 11.6 Å². The maximum Gasteiger partial charge on any atom is 0.254 e. The zero-order valence-electron chi connectivity index (χ0n) is 17.6. The van der Waals surface area contributed by atoms with Crippen LogP contribution < -0.4 is 9.80 Å². The van der Waals surface area contributed by atoms with E-state index >= 15 is 0 Å². The van der Waals surface area contributed by atoms with Crippen molar-refractivity contribution in [3.8, 4) is 0 Å². The minimum atomic E-state index is 0.124. The molecular weight excluding hydrogens is 364 g/mol. The minimum absolute atomic E-state index is 0.124. The molecule has 0 N–H and O–H groups in total. The lowest BCUT2D eigenvalue weighted by atomic mass is 10.0. The molecule has 1 aromatic carbocycles. The minimum Gasteiger partial charge on any atom is -0.353 e. The smallest absolute Gasteiger partial charge is 0.254 e. The summed E-state index contributed by atoms with van der Waals surface area (Å²) in [6, 6.07) is 10.2. The zero-order valence-corrected chi connectivity index (χ0v) is 17.6. The van der Waals surface area contributed by atoms with Crippen molar-refractivity contribution in [3.63, 3.8) is 0 Å². The number of carbonyl (C=O) groups is 1. The fraction of sp³-hybridized carbons (Fsp3) is 0.500. The second-order valence-corrected chi connectivity index (χ2v) is 8.14. The fourth-order valence-corrected chi connectivity index (χ4v) is 4.05. The van der Waals surface area contributed by atoms with Crippen LogP contribution in [-0.4, -0.2) is 85.3 Å². The van der Waals surface area contributed by atoms with Crippen LogP contribution in [0.25, 0.3) is 0 Å². The first-order valence-corrected chi connectivity index (χ1v) is 10.4. The van der Waals surface area contributed by atoms with Crippen LogP contribution in [-0.2, 0) is 0 Å². The second kappa shape index (κ2) is 8.37. The van der Waals surface area contributed by atoms with Crippen LogP contribution in [0.3, 0.4) is 0 Å². The van der Waals surface area contributed by atoms with E-state index in [1.54, 1.807) is 0 Å². The third kappa shape index (κ3) is 4.34.